The highest BCUT2D eigenvalue weighted by Crippen LogP contribution is 2.34. The topological polar surface area (TPSA) is 34.1 Å². The first-order chi connectivity index (χ1) is 12.7. The fraction of sp³-hybridized carbons (Fsp3) is 0.0833. The van der Waals surface area contributed by atoms with Gasteiger partial charge in [0.25, 0.3) is 0 Å². The second-order valence-electron chi connectivity index (χ2n) is 6.83. The highest BCUT2D eigenvalue weighted by atomic mass is 16.2. The summed E-state index contributed by atoms with van der Waals surface area (Å²) in [5.74, 6) is -0.730. The van der Waals surface area contributed by atoms with E-state index < -0.39 is 5.92 Å². The molecule has 4 aromatic rings. The van der Waals surface area contributed by atoms with Gasteiger partial charge in [0, 0.05) is 11.1 Å². The molecular weight excluding hydrogens is 320 g/mol. The Labute approximate surface area is 151 Å². The van der Waals surface area contributed by atoms with Crippen molar-refractivity contribution in [2.75, 3.05) is 0 Å². The number of carbonyl (C=O) groups excluding carboxylic acids is 2. The monoisotopic (exact) mass is 336 g/mol. The number of hydrogen-bond acceptors (Lipinski definition) is 2. The van der Waals surface area contributed by atoms with Crippen molar-refractivity contribution in [3.05, 3.63) is 95.6 Å². The fourth-order valence-corrected chi connectivity index (χ4v) is 4.12. The van der Waals surface area contributed by atoms with Crippen LogP contribution in [0.5, 0.6) is 0 Å². The van der Waals surface area contributed by atoms with Crippen LogP contribution >= 0.6 is 0 Å². The van der Waals surface area contributed by atoms with Crippen molar-refractivity contribution in [2.45, 2.75) is 6.42 Å². The summed E-state index contributed by atoms with van der Waals surface area (Å²) in [7, 11) is 0. The first kappa shape index (κ1) is 15.0. The lowest BCUT2D eigenvalue weighted by atomic mass is 9.88. The lowest BCUT2D eigenvalue weighted by molar-refractivity contribution is 0.0839. The van der Waals surface area contributed by atoms with Gasteiger partial charge in [-0.2, -0.15) is 0 Å². The highest BCUT2D eigenvalue weighted by molar-refractivity contribution is 6.26. The van der Waals surface area contributed by atoms with Gasteiger partial charge in [0.05, 0.1) is 5.92 Å². The van der Waals surface area contributed by atoms with Crippen molar-refractivity contribution in [2.24, 2.45) is 5.92 Å². The summed E-state index contributed by atoms with van der Waals surface area (Å²) >= 11 is 0. The summed E-state index contributed by atoms with van der Waals surface area (Å²) < 4.78 is 0. The van der Waals surface area contributed by atoms with Crippen LogP contribution in [-0.4, -0.2) is 11.6 Å². The van der Waals surface area contributed by atoms with Crippen molar-refractivity contribution >= 4 is 33.1 Å². The molecule has 5 rings (SSSR count). The maximum atomic E-state index is 12.9. The highest BCUT2D eigenvalue weighted by Gasteiger charge is 2.38. The molecule has 0 N–H and O–H groups in total. The van der Waals surface area contributed by atoms with Gasteiger partial charge in [-0.15, -0.1) is 0 Å². The van der Waals surface area contributed by atoms with E-state index in [-0.39, 0.29) is 11.6 Å². The molecule has 2 nitrogen and oxygen atoms in total. The van der Waals surface area contributed by atoms with Crippen molar-refractivity contribution in [1.29, 1.82) is 0 Å². The zero-order valence-corrected chi connectivity index (χ0v) is 14.1. The van der Waals surface area contributed by atoms with Crippen LogP contribution < -0.4 is 0 Å². The van der Waals surface area contributed by atoms with Crippen LogP contribution in [0.3, 0.4) is 0 Å². The molecule has 0 saturated heterocycles. The van der Waals surface area contributed by atoms with Gasteiger partial charge in [-0.3, -0.25) is 9.59 Å². The van der Waals surface area contributed by atoms with E-state index in [9.17, 15) is 9.59 Å². The Morgan fingerprint density at radius 1 is 0.615 bits per heavy atom. The third-order valence-corrected chi connectivity index (χ3v) is 5.38. The Bertz CT molecular complexity index is 1110. The first-order valence-corrected chi connectivity index (χ1v) is 8.81. The van der Waals surface area contributed by atoms with Gasteiger partial charge in [0.2, 0.25) is 0 Å². The molecule has 26 heavy (non-hydrogen) atoms. The average Bonchev–Trinajstić information content (AvgIpc) is 2.93. The van der Waals surface area contributed by atoms with Crippen molar-refractivity contribution in [3.63, 3.8) is 0 Å². The summed E-state index contributed by atoms with van der Waals surface area (Å²) in [4.78, 5) is 25.7. The maximum Gasteiger partial charge on any atom is 0.174 e. The Kier molecular flexibility index (Phi) is 3.26. The molecule has 0 amide bonds. The van der Waals surface area contributed by atoms with Gasteiger partial charge in [-0.05, 0) is 39.6 Å². The molecule has 0 spiro atoms. The van der Waals surface area contributed by atoms with Crippen LogP contribution in [0.15, 0.2) is 78.9 Å². The summed E-state index contributed by atoms with van der Waals surface area (Å²) in [6.45, 7) is 0. The van der Waals surface area contributed by atoms with Gasteiger partial charge in [-0.1, -0.05) is 72.8 Å². The van der Waals surface area contributed by atoms with E-state index in [1.54, 1.807) is 12.1 Å². The molecule has 0 radical (unpaired) electrons. The molecule has 0 unspecified atom stereocenters. The molecule has 1 aliphatic rings. The zero-order chi connectivity index (χ0) is 17.7. The van der Waals surface area contributed by atoms with Crippen LogP contribution in [0.2, 0.25) is 0 Å². The van der Waals surface area contributed by atoms with Crippen molar-refractivity contribution in [1.82, 2.24) is 0 Å². The predicted octanol–water partition coefficient (Wildman–Crippen LogP) is 5.23. The molecule has 1 aliphatic carbocycles. The third-order valence-electron chi connectivity index (χ3n) is 5.38. The Morgan fingerprint density at radius 3 is 1.62 bits per heavy atom. The summed E-state index contributed by atoms with van der Waals surface area (Å²) in [5, 5.41) is 4.50. The Morgan fingerprint density at radius 2 is 1.08 bits per heavy atom. The minimum Gasteiger partial charge on any atom is -0.293 e. The smallest absolute Gasteiger partial charge is 0.174 e. The van der Waals surface area contributed by atoms with Crippen molar-refractivity contribution < 1.29 is 9.59 Å². The molecule has 0 fully saturated rings. The molecule has 0 aliphatic heterocycles. The molecule has 124 valence electrons. The minimum absolute atomic E-state index is 0.0531. The van der Waals surface area contributed by atoms with Crippen molar-refractivity contribution in [3.8, 4) is 0 Å². The number of benzene rings is 4. The summed E-state index contributed by atoms with van der Waals surface area (Å²) in [5.41, 5.74) is 2.21. The first-order valence-electron chi connectivity index (χ1n) is 8.81. The van der Waals surface area contributed by atoms with Gasteiger partial charge in [-0.25, -0.2) is 0 Å². The minimum atomic E-state index is -0.624. The number of ketones is 2. The van der Waals surface area contributed by atoms with Gasteiger partial charge in [0.1, 0.15) is 0 Å². The largest absolute Gasteiger partial charge is 0.293 e. The molecule has 0 saturated carbocycles. The van der Waals surface area contributed by atoms with Crippen LogP contribution in [-0.2, 0) is 6.42 Å². The van der Waals surface area contributed by atoms with Crippen LogP contribution in [0.1, 0.15) is 26.3 Å². The number of carbonyl (C=O) groups is 2. The summed E-state index contributed by atoms with van der Waals surface area (Å²) in [6.07, 6.45) is 0.439. The zero-order valence-electron chi connectivity index (χ0n) is 14.1. The number of fused-ring (bicyclic) bond motifs is 3. The molecule has 0 atom stereocenters. The van der Waals surface area contributed by atoms with E-state index in [2.05, 4.69) is 30.3 Å². The normalized spacial score (nSPS) is 14.3. The molecule has 0 aromatic heterocycles. The quantitative estimate of drug-likeness (QED) is 0.371. The number of hydrogen-bond donors (Lipinski definition) is 0. The third kappa shape index (κ3) is 2.12. The number of rotatable bonds is 2. The average molecular weight is 336 g/mol. The van der Waals surface area contributed by atoms with E-state index in [1.165, 1.54) is 0 Å². The van der Waals surface area contributed by atoms with E-state index in [1.807, 2.05) is 36.4 Å². The lowest BCUT2D eigenvalue weighted by Gasteiger charge is -2.14. The van der Waals surface area contributed by atoms with E-state index >= 15 is 0 Å². The van der Waals surface area contributed by atoms with Gasteiger partial charge in [0.15, 0.2) is 11.6 Å². The van der Waals surface area contributed by atoms with E-state index in [0.29, 0.717) is 17.5 Å². The summed E-state index contributed by atoms with van der Waals surface area (Å²) in [6, 6.07) is 25.7. The van der Waals surface area contributed by atoms with E-state index in [0.717, 1.165) is 27.1 Å². The Hall–Kier alpha value is -3.26. The predicted molar refractivity (Wildman–Crippen MR) is 104 cm³/mol. The van der Waals surface area contributed by atoms with Crippen LogP contribution in [0, 0.1) is 5.92 Å². The van der Waals surface area contributed by atoms with E-state index in [4.69, 9.17) is 0 Å². The second kappa shape index (κ2) is 5.63. The van der Waals surface area contributed by atoms with Crippen LogP contribution in [0.4, 0.5) is 0 Å². The molecular formula is C24H16O2. The molecule has 0 bridgehead atoms. The SMILES string of the molecule is O=C1c2ccccc2C(=O)C1Cc1c2ccccc2cc2ccccc12. The molecule has 4 aromatic carbocycles. The molecule has 0 heterocycles. The number of Topliss-reactive ketones (excluding diaryl/α,β-unsaturated/α-hetero) is 2. The van der Waals surface area contributed by atoms with Gasteiger partial charge >= 0.3 is 0 Å². The van der Waals surface area contributed by atoms with Gasteiger partial charge < -0.3 is 0 Å². The standard InChI is InChI=1S/C24H16O2/c25-23-19-11-5-6-12-20(19)24(26)22(23)14-21-17-9-3-1-7-15(17)13-16-8-2-4-10-18(16)21/h1-13,22H,14H2. The molecule has 2 heteroatoms. The fourth-order valence-electron chi connectivity index (χ4n) is 4.12. The maximum absolute atomic E-state index is 12.9. The van der Waals surface area contributed by atoms with Crippen LogP contribution in [0.25, 0.3) is 21.5 Å². The lowest BCUT2D eigenvalue weighted by Crippen LogP contribution is -2.18. The second-order valence-corrected chi connectivity index (χ2v) is 6.83. The Balaban J connectivity index is 1.70.